The van der Waals surface area contributed by atoms with Crippen molar-refractivity contribution < 1.29 is 52.2 Å². The Morgan fingerprint density at radius 2 is 0.684 bits per heavy atom. The highest BCUT2D eigenvalue weighted by Gasteiger charge is 2.28. The maximum Gasteiger partial charge on any atom is 0.472 e. The fourth-order valence-electron chi connectivity index (χ4n) is 7.94. The highest BCUT2D eigenvalue weighted by Crippen LogP contribution is 2.43. The molecule has 0 aliphatic rings. The first kappa shape index (κ1) is 72.4. The van der Waals surface area contributed by atoms with Crippen molar-refractivity contribution in [2.24, 2.45) is 0 Å². The number of esters is 3. The first-order valence-electron chi connectivity index (χ1n) is 30.1. The molecule has 0 aromatic heterocycles. The summed E-state index contributed by atoms with van der Waals surface area (Å²) >= 11 is 0. The molecular formula is C64H109O11P. The normalized spacial score (nSPS) is 14.0. The van der Waals surface area contributed by atoms with E-state index in [-0.39, 0.29) is 25.9 Å². The third-order valence-corrected chi connectivity index (χ3v) is 13.4. The van der Waals surface area contributed by atoms with Crippen molar-refractivity contribution in [3.8, 4) is 0 Å². The molecule has 0 heterocycles. The first-order valence-corrected chi connectivity index (χ1v) is 31.6. The Balaban J connectivity index is 4.78. The number of carbonyl (C=O) groups excluding carboxylic acids is 3. The van der Waals surface area contributed by atoms with Gasteiger partial charge in [-0.2, -0.15) is 0 Å². The molecule has 0 saturated heterocycles. The summed E-state index contributed by atoms with van der Waals surface area (Å²) in [5, 5.41) is 9.83. The van der Waals surface area contributed by atoms with Crippen LogP contribution in [-0.4, -0.2) is 66.5 Å². The lowest BCUT2D eigenvalue weighted by Gasteiger charge is -2.21. The molecule has 11 nitrogen and oxygen atoms in total. The lowest BCUT2D eigenvalue weighted by atomic mass is 10.1. The van der Waals surface area contributed by atoms with Crippen molar-refractivity contribution in [3.63, 3.8) is 0 Å². The number of phosphoric acid groups is 1. The summed E-state index contributed by atoms with van der Waals surface area (Å²) in [4.78, 5) is 48.6. The number of aliphatic hydroxyl groups is 1. The summed E-state index contributed by atoms with van der Waals surface area (Å²) in [6, 6.07) is 0. The molecule has 3 unspecified atom stereocenters. The van der Waals surface area contributed by atoms with Crippen LogP contribution in [0.4, 0.5) is 0 Å². The standard InChI is InChI=1S/C64H109O11P/c1-4-7-10-13-16-19-22-25-28-30-33-35-38-41-44-47-50-53-62(66)71-57-61(75-64(68)55-52-49-46-43-40-37-34-31-29-26-23-20-17-14-11-8-5-2)59-73-76(69,70)72-58-60(56-65)74-63(67)54-51-48-45-42-39-36-32-27-24-21-18-15-12-9-6-3/h7-8,10-11,16-17,19-20,25-29,32,34,37,60-61,65H,4-6,9,12-15,18,21-24,30-31,33,35-36,38-59H2,1-3H3,(H,69,70)/b10-7-,11-8-,19-16-,20-17-,28-25-,29-26-,32-27-,37-34-. The molecule has 0 saturated carbocycles. The van der Waals surface area contributed by atoms with Gasteiger partial charge in [0.25, 0.3) is 0 Å². The Morgan fingerprint density at radius 1 is 0.382 bits per heavy atom. The van der Waals surface area contributed by atoms with Crippen molar-refractivity contribution >= 4 is 25.7 Å². The minimum atomic E-state index is -4.77. The average molecular weight is 1090 g/mol. The fourth-order valence-corrected chi connectivity index (χ4v) is 8.73. The van der Waals surface area contributed by atoms with Gasteiger partial charge in [-0.25, -0.2) is 4.57 Å². The summed E-state index contributed by atoms with van der Waals surface area (Å²) in [5.41, 5.74) is 0. The number of ether oxygens (including phenoxy) is 3. The van der Waals surface area contributed by atoms with Gasteiger partial charge < -0.3 is 24.2 Å². The van der Waals surface area contributed by atoms with Crippen LogP contribution in [0.15, 0.2) is 97.2 Å². The molecule has 0 aliphatic carbocycles. The van der Waals surface area contributed by atoms with Crippen LogP contribution in [-0.2, 0) is 42.2 Å². The number of hydrogen-bond donors (Lipinski definition) is 2. The number of allylic oxidation sites excluding steroid dienone is 16. The van der Waals surface area contributed by atoms with Crippen LogP contribution in [0.5, 0.6) is 0 Å². The Morgan fingerprint density at radius 3 is 1.07 bits per heavy atom. The topological polar surface area (TPSA) is 155 Å². The van der Waals surface area contributed by atoms with Crippen LogP contribution < -0.4 is 0 Å². The van der Waals surface area contributed by atoms with Crippen LogP contribution in [0.2, 0.25) is 0 Å². The zero-order valence-corrected chi connectivity index (χ0v) is 49.1. The molecule has 12 heteroatoms. The molecule has 0 radical (unpaired) electrons. The Labute approximate surface area is 463 Å². The van der Waals surface area contributed by atoms with E-state index in [0.717, 1.165) is 141 Å². The van der Waals surface area contributed by atoms with E-state index in [9.17, 15) is 28.9 Å². The summed E-state index contributed by atoms with van der Waals surface area (Å²) in [6.07, 6.45) is 67.8. The molecule has 436 valence electrons. The minimum absolute atomic E-state index is 0.133. The Bertz CT molecular complexity index is 1640. The largest absolute Gasteiger partial charge is 0.472 e. The van der Waals surface area contributed by atoms with Crippen molar-refractivity contribution in [1.82, 2.24) is 0 Å². The average Bonchev–Trinajstić information content (AvgIpc) is 3.41. The number of unbranched alkanes of at least 4 members (excludes halogenated alkanes) is 22. The van der Waals surface area contributed by atoms with E-state index in [2.05, 4.69) is 118 Å². The zero-order chi connectivity index (χ0) is 55.5. The van der Waals surface area contributed by atoms with E-state index in [4.69, 9.17) is 23.3 Å². The zero-order valence-electron chi connectivity index (χ0n) is 48.2. The number of carbonyl (C=O) groups is 3. The minimum Gasteiger partial charge on any atom is -0.462 e. The summed E-state index contributed by atoms with van der Waals surface area (Å²) < 4.78 is 39.6. The lowest BCUT2D eigenvalue weighted by Crippen LogP contribution is -2.30. The molecular weight excluding hydrogens is 976 g/mol. The van der Waals surface area contributed by atoms with E-state index in [0.29, 0.717) is 19.3 Å². The molecule has 0 amide bonds. The van der Waals surface area contributed by atoms with Gasteiger partial charge in [0.15, 0.2) is 6.10 Å². The highest BCUT2D eigenvalue weighted by atomic mass is 31.2. The van der Waals surface area contributed by atoms with Gasteiger partial charge in [0, 0.05) is 19.3 Å². The van der Waals surface area contributed by atoms with Crippen LogP contribution in [0, 0.1) is 0 Å². The molecule has 3 atom stereocenters. The Kier molecular flexibility index (Phi) is 54.8. The fraction of sp³-hybridized carbons (Fsp3) is 0.703. The third kappa shape index (κ3) is 55.2. The van der Waals surface area contributed by atoms with Gasteiger partial charge >= 0.3 is 25.7 Å². The van der Waals surface area contributed by atoms with E-state index in [1.165, 1.54) is 51.4 Å². The quantitative estimate of drug-likeness (QED) is 0.0197. The van der Waals surface area contributed by atoms with Crippen LogP contribution in [0.3, 0.4) is 0 Å². The van der Waals surface area contributed by atoms with E-state index >= 15 is 0 Å². The molecule has 0 fully saturated rings. The van der Waals surface area contributed by atoms with Crippen molar-refractivity contribution in [2.45, 2.75) is 264 Å². The third-order valence-electron chi connectivity index (χ3n) is 12.5. The van der Waals surface area contributed by atoms with E-state index in [1.54, 1.807) is 0 Å². The van der Waals surface area contributed by atoms with Crippen LogP contribution in [0.1, 0.15) is 252 Å². The van der Waals surface area contributed by atoms with Crippen molar-refractivity contribution in [1.29, 1.82) is 0 Å². The molecule has 0 spiro atoms. The SMILES string of the molecule is CC/C=C\C/C=C\C/C=C\C/C=C\CCCCCCC(=O)OC(COC(=O)CCCCCCCCC/C=C\C/C=C\C/C=C\CC)COP(=O)(O)OCC(CO)OC(=O)CCCCCCC/C=C\CCCCCCCC. The van der Waals surface area contributed by atoms with Crippen LogP contribution >= 0.6 is 7.82 Å². The molecule has 0 aromatic carbocycles. The summed E-state index contributed by atoms with van der Waals surface area (Å²) in [5.74, 6) is -1.51. The van der Waals surface area contributed by atoms with Crippen molar-refractivity contribution in [2.75, 3.05) is 26.4 Å². The van der Waals surface area contributed by atoms with Gasteiger partial charge in [0.1, 0.15) is 12.7 Å². The number of rotatable bonds is 55. The van der Waals surface area contributed by atoms with E-state index in [1.807, 2.05) is 0 Å². The van der Waals surface area contributed by atoms with E-state index < -0.39 is 57.8 Å². The van der Waals surface area contributed by atoms with Gasteiger partial charge in [0.05, 0.1) is 19.8 Å². The molecule has 0 rings (SSSR count). The number of aliphatic hydroxyl groups excluding tert-OH is 1. The maximum absolute atomic E-state index is 12.9. The van der Waals surface area contributed by atoms with Crippen molar-refractivity contribution in [3.05, 3.63) is 97.2 Å². The predicted molar refractivity (Wildman–Crippen MR) is 316 cm³/mol. The lowest BCUT2D eigenvalue weighted by molar-refractivity contribution is -0.161. The second-order valence-corrected chi connectivity index (χ2v) is 21.2. The molecule has 0 aromatic rings. The van der Waals surface area contributed by atoms with Gasteiger partial charge in [-0.3, -0.25) is 23.4 Å². The van der Waals surface area contributed by atoms with Gasteiger partial charge in [-0.1, -0.05) is 214 Å². The molecule has 2 N–H and O–H groups in total. The number of hydrogen-bond acceptors (Lipinski definition) is 10. The summed E-state index contributed by atoms with van der Waals surface area (Å²) in [6.45, 7) is 4.38. The second kappa shape index (κ2) is 57.6. The maximum atomic E-state index is 12.9. The summed E-state index contributed by atoms with van der Waals surface area (Å²) in [7, 11) is -4.77. The smallest absolute Gasteiger partial charge is 0.462 e. The van der Waals surface area contributed by atoms with Gasteiger partial charge in [-0.05, 0) is 116 Å². The van der Waals surface area contributed by atoms with Crippen LogP contribution in [0.25, 0.3) is 0 Å². The Hall–Kier alpha value is -3.60. The monoisotopic (exact) mass is 1080 g/mol. The molecule has 0 aliphatic heterocycles. The number of phosphoric ester groups is 1. The second-order valence-electron chi connectivity index (χ2n) is 19.7. The molecule has 76 heavy (non-hydrogen) atoms. The predicted octanol–water partition coefficient (Wildman–Crippen LogP) is 18.0. The highest BCUT2D eigenvalue weighted by molar-refractivity contribution is 7.47. The first-order chi connectivity index (χ1) is 37.2. The van der Waals surface area contributed by atoms with Gasteiger partial charge in [-0.15, -0.1) is 0 Å². The van der Waals surface area contributed by atoms with Gasteiger partial charge in [0.2, 0.25) is 0 Å². The molecule has 0 bridgehead atoms.